The van der Waals surface area contributed by atoms with Gasteiger partial charge >= 0.3 is 0 Å². The lowest BCUT2D eigenvalue weighted by Gasteiger charge is -2.57. The van der Waals surface area contributed by atoms with Crippen molar-refractivity contribution in [2.75, 3.05) is 25.1 Å². The molecule has 0 amide bonds. The van der Waals surface area contributed by atoms with E-state index < -0.39 is 23.5 Å². The Kier molecular flexibility index (Phi) is 2.57. The number of fused-ring (bicyclic) bond motifs is 3. The van der Waals surface area contributed by atoms with Crippen molar-refractivity contribution < 1.29 is 24.2 Å². The summed E-state index contributed by atoms with van der Waals surface area (Å²) in [6.45, 7) is 0.232. The third-order valence-corrected chi connectivity index (χ3v) is 3.58. The summed E-state index contributed by atoms with van der Waals surface area (Å²) in [7, 11) is 0. The van der Waals surface area contributed by atoms with E-state index in [2.05, 4.69) is 10.5 Å². The first-order chi connectivity index (χ1) is 8.62. The van der Waals surface area contributed by atoms with Crippen molar-refractivity contribution in [1.82, 2.24) is 5.16 Å². The number of nitrogens with one attached hydrogen (secondary N) is 1. The molecule has 1 aromatic rings. The highest BCUT2D eigenvalue weighted by atomic mass is 16.6. The van der Waals surface area contributed by atoms with Gasteiger partial charge in [-0.3, -0.25) is 0 Å². The molecular weight excluding hydrogens is 242 g/mol. The van der Waals surface area contributed by atoms with E-state index >= 15 is 0 Å². The molecule has 4 heterocycles. The zero-order valence-corrected chi connectivity index (χ0v) is 9.57. The molecule has 0 aliphatic carbocycles. The van der Waals surface area contributed by atoms with Crippen LogP contribution in [0.1, 0.15) is 0 Å². The van der Waals surface area contributed by atoms with Crippen molar-refractivity contribution in [3.8, 4) is 0 Å². The molecule has 2 bridgehead atoms. The number of nitrogens with zero attached hydrogens (tertiary/aromatic N) is 1. The van der Waals surface area contributed by atoms with Crippen LogP contribution in [-0.4, -0.2) is 58.7 Å². The highest BCUT2D eigenvalue weighted by Gasteiger charge is 2.62. The number of hydrogen-bond donors (Lipinski definition) is 4. The summed E-state index contributed by atoms with van der Waals surface area (Å²) < 4.78 is 16.1. The lowest BCUT2D eigenvalue weighted by Crippen LogP contribution is -2.78. The van der Waals surface area contributed by atoms with Gasteiger partial charge in [-0.1, -0.05) is 5.16 Å². The maximum atomic E-state index is 10.2. The number of aliphatic hydroxyl groups is 2. The van der Waals surface area contributed by atoms with E-state index in [-0.39, 0.29) is 19.8 Å². The second-order valence-electron chi connectivity index (χ2n) is 4.63. The maximum Gasteiger partial charge on any atom is 0.226 e. The number of hydrogen-bond acceptors (Lipinski definition) is 8. The number of anilines is 1. The number of nitrogens with two attached hydrogens (primary N) is 1. The summed E-state index contributed by atoms with van der Waals surface area (Å²) in [4.78, 5) is 0. The molecule has 1 unspecified atom stereocenters. The van der Waals surface area contributed by atoms with E-state index in [0.717, 1.165) is 0 Å². The molecule has 8 heteroatoms. The Hall–Kier alpha value is -1.19. The van der Waals surface area contributed by atoms with Gasteiger partial charge in [0.1, 0.15) is 17.8 Å². The lowest BCUT2D eigenvalue weighted by molar-refractivity contribution is -0.342. The van der Waals surface area contributed by atoms with Crippen molar-refractivity contribution in [2.24, 2.45) is 5.73 Å². The standard InChI is InChI=1S/C10H15N3O5/c11-3-9-4-17-10(5-16-9,8(15)7(9)14)13-6-1-2-12-18-6/h1-2,7-8,13-15H,3-5,11H2/t7-,8+,9+,10?/m1/s1. The molecule has 3 aliphatic heterocycles. The highest BCUT2D eigenvalue weighted by Crippen LogP contribution is 2.40. The van der Waals surface area contributed by atoms with Crippen molar-refractivity contribution >= 4 is 5.88 Å². The summed E-state index contributed by atoms with van der Waals surface area (Å²) in [6.07, 6.45) is -0.840. The minimum absolute atomic E-state index is 0.0587. The van der Waals surface area contributed by atoms with E-state index in [0.29, 0.717) is 5.88 Å². The predicted octanol–water partition coefficient (Wildman–Crippen LogP) is -1.74. The van der Waals surface area contributed by atoms with Gasteiger partial charge in [-0.05, 0) is 0 Å². The first kappa shape index (κ1) is 11.9. The van der Waals surface area contributed by atoms with Crippen LogP contribution in [0.3, 0.4) is 0 Å². The average molecular weight is 257 g/mol. The van der Waals surface area contributed by atoms with Crippen LogP contribution in [0.2, 0.25) is 0 Å². The molecule has 3 saturated heterocycles. The molecule has 0 spiro atoms. The van der Waals surface area contributed by atoms with Gasteiger partial charge < -0.3 is 35.3 Å². The van der Waals surface area contributed by atoms with Crippen LogP contribution in [0.5, 0.6) is 0 Å². The Morgan fingerprint density at radius 1 is 1.39 bits per heavy atom. The third kappa shape index (κ3) is 1.47. The van der Waals surface area contributed by atoms with Gasteiger partial charge in [0, 0.05) is 12.6 Å². The minimum Gasteiger partial charge on any atom is -0.387 e. The van der Waals surface area contributed by atoms with Crippen LogP contribution >= 0.6 is 0 Å². The fourth-order valence-corrected chi connectivity index (χ4v) is 2.34. The molecular formula is C10H15N3O5. The van der Waals surface area contributed by atoms with Crippen LogP contribution in [0.4, 0.5) is 5.88 Å². The molecule has 0 aromatic carbocycles. The topological polar surface area (TPSA) is 123 Å². The Labute approximate surface area is 103 Å². The normalized spacial score (nSPS) is 43.1. The van der Waals surface area contributed by atoms with E-state index in [4.69, 9.17) is 19.7 Å². The largest absolute Gasteiger partial charge is 0.387 e. The molecule has 0 radical (unpaired) electrons. The second kappa shape index (κ2) is 3.90. The number of aliphatic hydroxyl groups excluding tert-OH is 2. The Bertz CT molecular complexity index is 415. The van der Waals surface area contributed by atoms with Crippen LogP contribution in [0.15, 0.2) is 16.8 Å². The Morgan fingerprint density at radius 2 is 2.22 bits per heavy atom. The number of aromatic nitrogens is 1. The van der Waals surface area contributed by atoms with Crippen LogP contribution in [0.25, 0.3) is 0 Å². The van der Waals surface area contributed by atoms with Gasteiger partial charge in [-0.15, -0.1) is 0 Å². The molecule has 4 atom stereocenters. The van der Waals surface area contributed by atoms with Crippen molar-refractivity contribution in [2.45, 2.75) is 23.5 Å². The second-order valence-corrected chi connectivity index (χ2v) is 4.63. The molecule has 8 nitrogen and oxygen atoms in total. The monoisotopic (exact) mass is 257 g/mol. The quantitative estimate of drug-likeness (QED) is 0.503. The van der Waals surface area contributed by atoms with Gasteiger partial charge in [-0.2, -0.15) is 0 Å². The maximum absolute atomic E-state index is 10.2. The fraction of sp³-hybridized carbons (Fsp3) is 0.700. The van der Waals surface area contributed by atoms with Crippen LogP contribution in [0, 0.1) is 0 Å². The fourth-order valence-electron chi connectivity index (χ4n) is 2.34. The Morgan fingerprint density at radius 3 is 2.78 bits per heavy atom. The summed E-state index contributed by atoms with van der Waals surface area (Å²) >= 11 is 0. The van der Waals surface area contributed by atoms with E-state index in [9.17, 15) is 10.2 Å². The first-order valence-corrected chi connectivity index (χ1v) is 5.65. The molecule has 18 heavy (non-hydrogen) atoms. The summed E-state index contributed by atoms with van der Waals surface area (Å²) in [5.41, 5.74) is 3.30. The summed E-state index contributed by atoms with van der Waals surface area (Å²) in [5, 5.41) is 26.7. The van der Waals surface area contributed by atoms with Crippen molar-refractivity contribution in [3.05, 3.63) is 12.3 Å². The smallest absolute Gasteiger partial charge is 0.226 e. The zero-order valence-electron chi connectivity index (χ0n) is 9.57. The molecule has 1 aromatic heterocycles. The molecule has 100 valence electrons. The highest BCUT2D eigenvalue weighted by molar-refractivity contribution is 5.34. The van der Waals surface area contributed by atoms with Gasteiger partial charge in [0.15, 0.2) is 5.72 Å². The average Bonchev–Trinajstić information content (AvgIpc) is 2.89. The number of ether oxygens (including phenoxy) is 2. The summed E-state index contributed by atoms with van der Waals surface area (Å²) in [6, 6.07) is 1.58. The molecule has 4 rings (SSSR count). The molecule has 3 fully saturated rings. The van der Waals surface area contributed by atoms with Gasteiger partial charge in [0.2, 0.25) is 5.88 Å². The van der Waals surface area contributed by atoms with Crippen LogP contribution < -0.4 is 11.1 Å². The summed E-state index contributed by atoms with van der Waals surface area (Å²) in [5.74, 6) is 0.326. The zero-order chi connectivity index (χ0) is 12.8. The predicted molar refractivity (Wildman–Crippen MR) is 58.6 cm³/mol. The lowest BCUT2D eigenvalue weighted by atomic mass is 9.81. The molecule has 0 saturated carbocycles. The molecule has 5 N–H and O–H groups in total. The first-order valence-electron chi connectivity index (χ1n) is 5.65. The van der Waals surface area contributed by atoms with E-state index in [1.54, 1.807) is 6.07 Å². The van der Waals surface area contributed by atoms with Gasteiger partial charge in [0.05, 0.1) is 19.4 Å². The van der Waals surface area contributed by atoms with Gasteiger partial charge in [-0.25, -0.2) is 0 Å². The van der Waals surface area contributed by atoms with Crippen LogP contribution in [-0.2, 0) is 9.47 Å². The minimum atomic E-state index is -1.24. The number of rotatable bonds is 3. The van der Waals surface area contributed by atoms with Crippen molar-refractivity contribution in [3.63, 3.8) is 0 Å². The van der Waals surface area contributed by atoms with Crippen molar-refractivity contribution in [1.29, 1.82) is 0 Å². The van der Waals surface area contributed by atoms with E-state index in [1.807, 2.05) is 0 Å². The Balaban J connectivity index is 1.86. The van der Waals surface area contributed by atoms with Gasteiger partial charge in [0.25, 0.3) is 0 Å². The third-order valence-electron chi connectivity index (χ3n) is 3.58. The SMILES string of the molecule is NC[C@@]12COC(Nc3ccno3)(CO1)[C@@H](O)[C@H]2O. The van der Waals surface area contributed by atoms with E-state index in [1.165, 1.54) is 6.20 Å². The molecule has 3 aliphatic rings.